The van der Waals surface area contributed by atoms with Crippen LogP contribution in [0.5, 0.6) is 0 Å². The first-order chi connectivity index (χ1) is 13.8. The molecule has 9 N–H and O–H groups in total. The van der Waals surface area contributed by atoms with Crippen LogP contribution in [0.4, 0.5) is 0 Å². The molecule has 1 aromatic heterocycles. The lowest BCUT2D eigenvalue weighted by molar-refractivity contribution is -0.219. The molecule has 0 radical (unpaired) electrons. The molecule has 0 amide bonds. The summed E-state index contributed by atoms with van der Waals surface area (Å²) < 4.78 is 51.7. The van der Waals surface area contributed by atoms with Gasteiger partial charge in [-0.15, -0.1) is 0 Å². The number of ether oxygens (including phenoxy) is 1. The number of phosphoric ester groups is 1. The normalized spacial score (nSPS) is 33.0. The number of H-pyrrole nitrogens is 1. The smallest absolute Gasteiger partial charge is 0.384 e. The van der Waals surface area contributed by atoms with E-state index in [1.165, 1.54) is 0 Å². The van der Waals surface area contributed by atoms with E-state index in [0.29, 0.717) is 4.57 Å². The maximum Gasteiger partial charge on any atom is 0.490 e. The SMILES string of the molecule is C[C@@]1(O)[C@H](O)[C@@](CN)(OP(=O)(O)OP(=O)(O)OP(=O)(O)O)O[C@H]1n1ccc(=O)[nH]c1=O. The maximum absolute atomic E-state index is 12.1. The number of hydrogen-bond donors (Lipinski definition) is 8. The zero-order valence-electron chi connectivity index (χ0n) is 15.2. The third kappa shape index (κ3) is 5.84. The first kappa shape index (κ1) is 26.2. The van der Waals surface area contributed by atoms with Crippen LogP contribution in [0.25, 0.3) is 0 Å². The van der Waals surface area contributed by atoms with Crippen molar-refractivity contribution in [2.24, 2.45) is 5.73 Å². The maximum atomic E-state index is 12.1. The molecule has 6 atom stereocenters. The van der Waals surface area contributed by atoms with Gasteiger partial charge in [-0.1, -0.05) is 0 Å². The van der Waals surface area contributed by atoms with Gasteiger partial charge in [-0.25, -0.2) is 23.0 Å². The predicted octanol–water partition coefficient (Wildman–Crippen LogP) is -2.82. The van der Waals surface area contributed by atoms with Crippen molar-refractivity contribution in [2.75, 3.05) is 6.54 Å². The minimum atomic E-state index is -5.91. The van der Waals surface area contributed by atoms with E-state index in [-0.39, 0.29) is 0 Å². The van der Waals surface area contributed by atoms with Gasteiger partial charge in [0.1, 0.15) is 11.7 Å². The highest BCUT2D eigenvalue weighted by Crippen LogP contribution is 2.68. The lowest BCUT2D eigenvalue weighted by Gasteiger charge is -2.32. The van der Waals surface area contributed by atoms with Crippen LogP contribution in [0.1, 0.15) is 13.2 Å². The van der Waals surface area contributed by atoms with Crippen molar-refractivity contribution in [1.82, 2.24) is 9.55 Å². The fourth-order valence-electron chi connectivity index (χ4n) is 2.66. The summed E-state index contributed by atoms with van der Waals surface area (Å²) in [5.41, 5.74) is 0.985. The predicted molar refractivity (Wildman–Crippen MR) is 94.8 cm³/mol. The molecule has 1 saturated heterocycles. The van der Waals surface area contributed by atoms with Gasteiger partial charge in [0.2, 0.25) is 5.79 Å². The molecule has 1 fully saturated rings. The average molecular weight is 513 g/mol. The fraction of sp³-hybridized carbons (Fsp3) is 0.600. The number of hydrogen-bond acceptors (Lipinski definition) is 12. The molecule has 178 valence electrons. The Labute approximate surface area is 171 Å². The topological polar surface area (TPSA) is 290 Å². The van der Waals surface area contributed by atoms with Crippen LogP contribution >= 0.6 is 23.5 Å². The lowest BCUT2D eigenvalue weighted by atomic mass is 9.94. The summed E-state index contributed by atoms with van der Waals surface area (Å²) >= 11 is 0. The largest absolute Gasteiger partial charge is 0.490 e. The van der Waals surface area contributed by atoms with Crippen molar-refractivity contribution < 1.29 is 61.4 Å². The standard InChI is InChI=1S/C10H18N3O15P3/c1-9(17)6(15)10(4-11,25-7(9)13-3-2-5(14)12-8(13)16)26-30(21,22)28-31(23,24)27-29(18,19)20/h2-3,6-7,15,17H,4,11H2,1H3,(H,21,22)(H,23,24)(H,12,14,16)(H2,18,19,20)/t6-,7+,9+,10+/m0/s1. The summed E-state index contributed by atoms with van der Waals surface area (Å²) in [6.45, 7) is -0.125. The Kier molecular flexibility index (Phi) is 7.07. The molecule has 21 heteroatoms. The summed E-state index contributed by atoms with van der Waals surface area (Å²) in [7, 11) is -17.4. The highest BCUT2D eigenvalue weighted by Gasteiger charge is 2.65. The van der Waals surface area contributed by atoms with Crippen LogP contribution in [0.3, 0.4) is 0 Å². The Morgan fingerprint density at radius 3 is 2.26 bits per heavy atom. The second kappa shape index (κ2) is 8.37. The first-order valence-corrected chi connectivity index (χ1v) is 12.3. The molecule has 1 aromatic rings. The van der Waals surface area contributed by atoms with Crippen LogP contribution in [-0.4, -0.2) is 63.4 Å². The molecule has 0 saturated carbocycles. The average Bonchev–Trinajstić information content (AvgIpc) is 2.72. The Bertz CT molecular complexity index is 1090. The number of rotatable bonds is 8. The van der Waals surface area contributed by atoms with Gasteiger partial charge in [-0.2, -0.15) is 8.62 Å². The number of nitrogens with two attached hydrogens (primary N) is 1. The van der Waals surface area contributed by atoms with Gasteiger partial charge in [0.15, 0.2) is 6.23 Å². The number of phosphoric acid groups is 3. The first-order valence-electron chi connectivity index (χ1n) is 7.78. The Balaban J connectivity index is 2.40. The van der Waals surface area contributed by atoms with Crippen molar-refractivity contribution in [3.63, 3.8) is 0 Å². The molecule has 1 aliphatic heterocycles. The molecule has 0 bridgehead atoms. The van der Waals surface area contributed by atoms with Crippen molar-refractivity contribution in [2.45, 2.75) is 30.6 Å². The zero-order valence-corrected chi connectivity index (χ0v) is 17.9. The van der Waals surface area contributed by atoms with Crippen LogP contribution in [0.2, 0.25) is 0 Å². The van der Waals surface area contributed by atoms with Gasteiger partial charge in [-0.3, -0.25) is 14.3 Å². The third-order valence-corrected chi connectivity index (χ3v) is 7.72. The number of nitrogens with one attached hydrogen (secondary N) is 1. The van der Waals surface area contributed by atoms with E-state index in [9.17, 15) is 43.3 Å². The number of aromatic amines is 1. The van der Waals surface area contributed by atoms with E-state index in [4.69, 9.17) is 20.3 Å². The van der Waals surface area contributed by atoms with Crippen LogP contribution < -0.4 is 17.0 Å². The molecule has 0 aromatic carbocycles. The van der Waals surface area contributed by atoms with Crippen molar-refractivity contribution in [3.8, 4) is 0 Å². The molecule has 0 aliphatic carbocycles. The highest BCUT2D eigenvalue weighted by molar-refractivity contribution is 7.66. The summed E-state index contributed by atoms with van der Waals surface area (Å²) in [5.74, 6) is -2.86. The molecule has 0 spiro atoms. The highest BCUT2D eigenvalue weighted by atomic mass is 31.3. The number of aromatic nitrogens is 2. The quantitative estimate of drug-likeness (QED) is 0.163. The van der Waals surface area contributed by atoms with Gasteiger partial charge in [0, 0.05) is 12.3 Å². The summed E-state index contributed by atoms with van der Waals surface area (Å²) in [4.78, 5) is 61.1. The van der Waals surface area contributed by atoms with Gasteiger partial charge >= 0.3 is 29.2 Å². The summed E-state index contributed by atoms with van der Waals surface area (Å²) in [6, 6.07) is 0.845. The van der Waals surface area contributed by atoms with E-state index in [1.807, 2.05) is 4.98 Å². The molecule has 2 rings (SSSR count). The molecular formula is C10H18N3O15P3. The molecule has 2 heterocycles. The van der Waals surface area contributed by atoms with E-state index in [2.05, 4.69) is 13.1 Å². The fourth-order valence-corrected chi connectivity index (χ4v) is 5.91. The van der Waals surface area contributed by atoms with E-state index >= 15 is 0 Å². The summed E-state index contributed by atoms with van der Waals surface area (Å²) in [6.07, 6.45) is -3.36. The Hall–Kier alpha value is -1.07. The number of aliphatic hydroxyl groups excluding tert-OH is 1. The number of aliphatic hydroxyl groups is 2. The number of nitrogens with zero attached hydrogens (tertiary/aromatic N) is 1. The minimum absolute atomic E-state index is 0.572. The van der Waals surface area contributed by atoms with E-state index in [1.54, 1.807) is 0 Å². The molecule has 2 unspecified atom stereocenters. The monoisotopic (exact) mass is 513 g/mol. The van der Waals surface area contributed by atoms with Crippen molar-refractivity contribution in [1.29, 1.82) is 0 Å². The minimum Gasteiger partial charge on any atom is -0.384 e. The van der Waals surface area contributed by atoms with Crippen LogP contribution in [-0.2, 0) is 31.6 Å². The molecule has 31 heavy (non-hydrogen) atoms. The Morgan fingerprint density at radius 2 is 1.77 bits per heavy atom. The Morgan fingerprint density at radius 1 is 1.19 bits per heavy atom. The molecular weight excluding hydrogens is 495 g/mol. The molecule has 18 nitrogen and oxygen atoms in total. The second-order valence-corrected chi connectivity index (χ2v) is 10.7. The van der Waals surface area contributed by atoms with Crippen molar-refractivity contribution >= 4 is 23.5 Å². The summed E-state index contributed by atoms with van der Waals surface area (Å²) in [5, 5.41) is 21.1. The van der Waals surface area contributed by atoms with Gasteiger partial charge in [0.25, 0.3) is 5.56 Å². The molecule has 1 aliphatic rings. The van der Waals surface area contributed by atoms with Crippen LogP contribution in [0.15, 0.2) is 21.9 Å². The van der Waals surface area contributed by atoms with E-state index in [0.717, 1.165) is 19.2 Å². The van der Waals surface area contributed by atoms with Gasteiger partial charge < -0.3 is 40.3 Å². The third-order valence-electron chi connectivity index (χ3n) is 3.86. The van der Waals surface area contributed by atoms with Crippen LogP contribution in [0, 0.1) is 0 Å². The lowest BCUT2D eigenvalue weighted by Crippen LogP contribution is -2.54. The second-order valence-electron chi connectivity index (χ2n) is 6.31. The van der Waals surface area contributed by atoms with Gasteiger partial charge in [-0.05, 0) is 6.92 Å². The van der Waals surface area contributed by atoms with E-state index < -0.39 is 65.0 Å². The van der Waals surface area contributed by atoms with Crippen molar-refractivity contribution in [3.05, 3.63) is 33.1 Å². The van der Waals surface area contributed by atoms with Gasteiger partial charge in [0.05, 0.1) is 6.54 Å². The zero-order chi connectivity index (χ0) is 24.0.